The van der Waals surface area contributed by atoms with Crippen LogP contribution in [0.1, 0.15) is 34.3 Å². The number of anilines is 1. The summed E-state index contributed by atoms with van der Waals surface area (Å²) in [5, 5.41) is 0. The average molecular weight is 310 g/mol. The van der Waals surface area contributed by atoms with Crippen LogP contribution in [0, 0.1) is 6.92 Å². The van der Waals surface area contributed by atoms with Crippen molar-refractivity contribution >= 4 is 11.6 Å². The van der Waals surface area contributed by atoms with Crippen LogP contribution < -0.4 is 10.5 Å². The van der Waals surface area contributed by atoms with Crippen molar-refractivity contribution in [1.29, 1.82) is 0 Å². The molecule has 120 valence electrons. The molecular formula is C19H22N2O2. The molecule has 0 aliphatic heterocycles. The molecule has 0 saturated heterocycles. The number of rotatable bonds is 5. The first-order valence-electron chi connectivity index (χ1n) is 7.89. The molecule has 4 nitrogen and oxygen atoms in total. The summed E-state index contributed by atoms with van der Waals surface area (Å²) in [6.45, 7) is 2.50. The van der Waals surface area contributed by atoms with Gasteiger partial charge in [0.25, 0.3) is 5.91 Å². The van der Waals surface area contributed by atoms with Crippen molar-refractivity contribution in [2.45, 2.75) is 32.4 Å². The zero-order valence-corrected chi connectivity index (χ0v) is 13.6. The number of hydrogen-bond donors (Lipinski definition) is 1. The van der Waals surface area contributed by atoms with Gasteiger partial charge in [-0.2, -0.15) is 0 Å². The first kappa shape index (κ1) is 15.4. The van der Waals surface area contributed by atoms with Crippen LogP contribution in [0.5, 0.6) is 5.75 Å². The molecule has 2 N–H and O–H groups in total. The van der Waals surface area contributed by atoms with Crippen molar-refractivity contribution in [3.8, 4) is 5.75 Å². The van der Waals surface area contributed by atoms with E-state index in [2.05, 4.69) is 0 Å². The van der Waals surface area contributed by atoms with E-state index in [0.717, 1.165) is 29.7 Å². The molecule has 0 bridgehead atoms. The number of carbonyl (C=O) groups is 1. The lowest BCUT2D eigenvalue weighted by Crippen LogP contribution is -2.33. The molecule has 1 aliphatic rings. The standard InChI is InChI=1S/C19H22N2O2/c1-13-7-8-15(20)11-17(13)19(22)21(16-9-10-16)12-14-5-3-4-6-18(14)23-2/h3-8,11,16H,9-10,12,20H2,1-2H3. The van der Waals surface area contributed by atoms with Gasteiger partial charge in [-0.05, 0) is 43.5 Å². The number of ether oxygens (including phenoxy) is 1. The number of carbonyl (C=O) groups excluding carboxylic acids is 1. The van der Waals surface area contributed by atoms with Crippen molar-refractivity contribution in [3.05, 3.63) is 59.2 Å². The summed E-state index contributed by atoms with van der Waals surface area (Å²) in [6, 6.07) is 13.7. The molecule has 0 spiro atoms. The van der Waals surface area contributed by atoms with E-state index in [1.54, 1.807) is 13.2 Å². The predicted molar refractivity (Wildman–Crippen MR) is 91.5 cm³/mol. The molecule has 0 atom stereocenters. The number of aryl methyl sites for hydroxylation is 1. The van der Waals surface area contributed by atoms with Crippen LogP contribution in [-0.4, -0.2) is 24.0 Å². The molecule has 0 heterocycles. The predicted octanol–water partition coefficient (Wildman–Crippen LogP) is 3.39. The Balaban J connectivity index is 1.90. The maximum absolute atomic E-state index is 13.0. The van der Waals surface area contributed by atoms with Gasteiger partial charge in [0.1, 0.15) is 5.75 Å². The van der Waals surface area contributed by atoms with Gasteiger partial charge < -0.3 is 15.4 Å². The van der Waals surface area contributed by atoms with Crippen LogP contribution in [0.3, 0.4) is 0 Å². The summed E-state index contributed by atoms with van der Waals surface area (Å²) in [7, 11) is 1.66. The Morgan fingerprint density at radius 2 is 2.00 bits per heavy atom. The molecule has 0 radical (unpaired) electrons. The van der Waals surface area contributed by atoms with Crippen molar-refractivity contribution in [3.63, 3.8) is 0 Å². The van der Waals surface area contributed by atoms with E-state index in [0.29, 0.717) is 23.8 Å². The molecule has 0 unspecified atom stereocenters. The molecule has 4 heteroatoms. The molecule has 1 aliphatic carbocycles. The van der Waals surface area contributed by atoms with Gasteiger partial charge >= 0.3 is 0 Å². The molecular weight excluding hydrogens is 288 g/mol. The number of benzene rings is 2. The summed E-state index contributed by atoms with van der Waals surface area (Å²) in [6.07, 6.45) is 2.12. The number of methoxy groups -OCH3 is 1. The highest BCUT2D eigenvalue weighted by molar-refractivity contribution is 5.96. The van der Waals surface area contributed by atoms with Crippen molar-refractivity contribution < 1.29 is 9.53 Å². The maximum Gasteiger partial charge on any atom is 0.254 e. The third kappa shape index (κ3) is 3.31. The third-order valence-electron chi connectivity index (χ3n) is 4.27. The van der Waals surface area contributed by atoms with Gasteiger partial charge in [0.15, 0.2) is 0 Å². The molecule has 1 amide bonds. The minimum absolute atomic E-state index is 0.0446. The van der Waals surface area contributed by atoms with E-state index in [1.165, 1.54) is 0 Å². The van der Waals surface area contributed by atoms with Gasteiger partial charge in [-0.3, -0.25) is 4.79 Å². The Morgan fingerprint density at radius 1 is 1.26 bits per heavy atom. The van der Waals surface area contributed by atoms with E-state index in [-0.39, 0.29) is 5.91 Å². The summed E-state index contributed by atoms with van der Waals surface area (Å²) in [5.41, 5.74) is 9.15. The van der Waals surface area contributed by atoms with Crippen LogP contribution in [0.25, 0.3) is 0 Å². The minimum atomic E-state index is 0.0446. The second-order valence-corrected chi connectivity index (χ2v) is 6.05. The lowest BCUT2D eigenvalue weighted by Gasteiger charge is -2.24. The lowest BCUT2D eigenvalue weighted by atomic mass is 10.1. The van der Waals surface area contributed by atoms with Crippen molar-refractivity contribution in [2.75, 3.05) is 12.8 Å². The Kier molecular flexibility index (Phi) is 4.24. The Morgan fingerprint density at radius 3 is 2.70 bits per heavy atom. The van der Waals surface area contributed by atoms with E-state index >= 15 is 0 Å². The molecule has 1 saturated carbocycles. The van der Waals surface area contributed by atoms with E-state index in [4.69, 9.17) is 10.5 Å². The zero-order valence-electron chi connectivity index (χ0n) is 13.6. The highest BCUT2D eigenvalue weighted by Crippen LogP contribution is 2.32. The smallest absolute Gasteiger partial charge is 0.254 e. The van der Waals surface area contributed by atoms with Gasteiger partial charge in [-0.25, -0.2) is 0 Å². The Hall–Kier alpha value is -2.49. The van der Waals surface area contributed by atoms with Crippen LogP contribution in [-0.2, 0) is 6.54 Å². The monoisotopic (exact) mass is 310 g/mol. The molecule has 0 aromatic heterocycles. The normalized spacial score (nSPS) is 13.7. The lowest BCUT2D eigenvalue weighted by molar-refractivity contribution is 0.0728. The molecule has 1 fully saturated rings. The van der Waals surface area contributed by atoms with Gasteiger partial charge in [0, 0.05) is 29.4 Å². The van der Waals surface area contributed by atoms with Crippen LogP contribution in [0.4, 0.5) is 5.69 Å². The van der Waals surface area contributed by atoms with Crippen LogP contribution >= 0.6 is 0 Å². The van der Waals surface area contributed by atoms with Gasteiger partial charge in [-0.15, -0.1) is 0 Å². The highest BCUT2D eigenvalue weighted by atomic mass is 16.5. The van der Waals surface area contributed by atoms with E-state index < -0.39 is 0 Å². The SMILES string of the molecule is COc1ccccc1CN(C(=O)c1cc(N)ccc1C)C1CC1. The topological polar surface area (TPSA) is 55.6 Å². The molecule has 3 rings (SSSR count). The van der Waals surface area contributed by atoms with Crippen molar-refractivity contribution in [2.24, 2.45) is 0 Å². The van der Waals surface area contributed by atoms with Crippen LogP contribution in [0.2, 0.25) is 0 Å². The number of nitrogens with two attached hydrogens (primary N) is 1. The number of hydrogen-bond acceptors (Lipinski definition) is 3. The second-order valence-electron chi connectivity index (χ2n) is 6.05. The highest BCUT2D eigenvalue weighted by Gasteiger charge is 2.34. The van der Waals surface area contributed by atoms with Crippen molar-refractivity contribution in [1.82, 2.24) is 4.90 Å². The first-order valence-corrected chi connectivity index (χ1v) is 7.89. The average Bonchev–Trinajstić information content (AvgIpc) is 3.39. The van der Waals surface area contributed by atoms with Gasteiger partial charge in [0.2, 0.25) is 0 Å². The zero-order chi connectivity index (χ0) is 16.4. The second kappa shape index (κ2) is 6.32. The fraction of sp³-hybridized carbons (Fsp3) is 0.316. The summed E-state index contributed by atoms with van der Waals surface area (Å²) in [4.78, 5) is 15.0. The Labute approximate surface area is 136 Å². The largest absolute Gasteiger partial charge is 0.496 e. The molecule has 23 heavy (non-hydrogen) atoms. The van der Waals surface area contributed by atoms with Gasteiger partial charge in [-0.1, -0.05) is 24.3 Å². The minimum Gasteiger partial charge on any atom is -0.496 e. The third-order valence-corrected chi connectivity index (χ3v) is 4.27. The summed E-state index contributed by atoms with van der Waals surface area (Å²) >= 11 is 0. The fourth-order valence-corrected chi connectivity index (χ4v) is 2.79. The Bertz CT molecular complexity index is 723. The first-order chi connectivity index (χ1) is 11.1. The summed E-state index contributed by atoms with van der Waals surface area (Å²) < 4.78 is 5.42. The molecule has 2 aromatic rings. The van der Waals surface area contributed by atoms with E-state index in [9.17, 15) is 4.79 Å². The van der Waals surface area contributed by atoms with Crippen LogP contribution in [0.15, 0.2) is 42.5 Å². The fourth-order valence-electron chi connectivity index (χ4n) is 2.79. The van der Waals surface area contributed by atoms with Gasteiger partial charge in [0.05, 0.1) is 7.11 Å². The number of nitrogen functional groups attached to an aromatic ring is 1. The number of para-hydroxylation sites is 1. The quantitative estimate of drug-likeness (QED) is 0.861. The number of amides is 1. The molecule has 2 aromatic carbocycles. The maximum atomic E-state index is 13.0. The summed E-state index contributed by atoms with van der Waals surface area (Å²) in [5.74, 6) is 0.860. The number of nitrogens with zero attached hydrogens (tertiary/aromatic N) is 1. The van der Waals surface area contributed by atoms with E-state index in [1.807, 2.05) is 48.2 Å².